The van der Waals surface area contributed by atoms with Crippen LogP contribution >= 0.6 is 0 Å². The van der Waals surface area contributed by atoms with Crippen LogP contribution in [0.5, 0.6) is 0 Å². The number of Topliss-reactive ketones (excluding diaryl/α,β-unsaturated/α-hetero) is 2. The lowest BCUT2D eigenvalue weighted by Gasteiger charge is -2.31. The molecule has 0 radical (unpaired) electrons. The number of carboxylic acid groups (broad SMARTS) is 1. The fourth-order valence-corrected chi connectivity index (χ4v) is 3.55. The van der Waals surface area contributed by atoms with E-state index in [1.54, 1.807) is 38.1 Å². The summed E-state index contributed by atoms with van der Waals surface area (Å²) in [5.74, 6) is -0.232. The molecule has 1 fully saturated rings. The molecule has 5 heteroatoms. The molecule has 2 atom stereocenters. The molecule has 1 aliphatic rings. The van der Waals surface area contributed by atoms with Gasteiger partial charge in [0.05, 0.1) is 5.41 Å². The molecule has 1 saturated heterocycles. The smallest absolute Gasteiger partial charge is 0.408 e. The number of hydrogen-bond acceptors (Lipinski definition) is 3. The molecule has 0 bridgehead atoms. The van der Waals surface area contributed by atoms with Crippen LogP contribution in [0, 0.1) is 5.41 Å². The van der Waals surface area contributed by atoms with E-state index in [9.17, 15) is 19.5 Å². The summed E-state index contributed by atoms with van der Waals surface area (Å²) in [5.41, 5.74) is -1.48. The summed E-state index contributed by atoms with van der Waals surface area (Å²) in [6, 6.07) is 8.83. The zero-order valence-electron chi connectivity index (χ0n) is 13.8. The minimum absolute atomic E-state index is 0.0437. The van der Waals surface area contributed by atoms with Crippen molar-refractivity contribution in [3.05, 3.63) is 35.9 Å². The first-order chi connectivity index (χ1) is 10.7. The summed E-state index contributed by atoms with van der Waals surface area (Å²) in [4.78, 5) is 38.2. The van der Waals surface area contributed by atoms with E-state index in [0.29, 0.717) is 18.4 Å². The van der Waals surface area contributed by atoms with E-state index in [1.165, 1.54) is 0 Å². The van der Waals surface area contributed by atoms with Gasteiger partial charge in [0.25, 0.3) is 0 Å². The van der Waals surface area contributed by atoms with Gasteiger partial charge in [0.15, 0.2) is 11.6 Å². The van der Waals surface area contributed by atoms with Crippen LogP contribution in [0.1, 0.15) is 50.4 Å². The highest BCUT2D eigenvalue weighted by Gasteiger charge is 2.56. The van der Waals surface area contributed by atoms with Crippen molar-refractivity contribution in [3.63, 3.8) is 0 Å². The normalized spacial score (nSPS) is 27.0. The molecule has 0 spiro atoms. The molecule has 0 aromatic heterocycles. The molecule has 1 unspecified atom stereocenters. The van der Waals surface area contributed by atoms with Crippen LogP contribution in [-0.2, 0) is 4.79 Å². The van der Waals surface area contributed by atoms with Crippen molar-refractivity contribution in [1.29, 1.82) is 0 Å². The molecule has 1 aromatic rings. The Labute approximate surface area is 136 Å². The number of carbonyl (C=O) groups excluding carboxylic acids is 2. The predicted octanol–water partition coefficient (Wildman–Crippen LogP) is 3.39. The first-order valence-electron chi connectivity index (χ1n) is 7.88. The number of carbonyl (C=O) groups is 3. The van der Waals surface area contributed by atoms with Gasteiger partial charge in [-0.05, 0) is 19.8 Å². The van der Waals surface area contributed by atoms with Gasteiger partial charge in [-0.15, -0.1) is 0 Å². The van der Waals surface area contributed by atoms with Crippen LogP contribution in [-0.4, -0.2) is 39.7 Å². The van der Waals surface area contributed by atoms with E-state index in [2.05, 4.69) is 0 Å². The van der Waals surface area contributed by atoms with Gasteiger partial charge >= 0.3 is 6.09 Å². The van der Waals surface area contributed by atoms with Crippen molar-refractivity contribution in [3.8, 4) is 0 Å². The van der Waals surface area contributed by atoms with Crippen LogP contribution in [0.3, 0.4) is 0 Å². The fraction of sp³-hybridized carbons (Fsp3) is 0.500. The molecule has 1 aliphatic heterocycles. The number of benzene rings is 1. The average molecular weight is 317 g/mol. The molecule has 1 aromatic carbocycles. The topological polar surface area (TPSA) is 74.7 Å². The monoisotopic (exact) mass is 317 g/mol. The van der Waals surface area contributed by atoms with Crippen LogP contribution in [0.2, 0.25) is 0 Å². The molecular weight excluding hydrogens is 294 g/mol. The minimum atomic E-state index is -1.15. The first-order valence-corrected chi connectivity index (χ1v) is 7.88. The lowest BCUT2D eigenvalue weighted by atomic mass is 9.75. The third-order valence-corrected chi connectivity index (χ3v) is 4.73. The molecule has 5 nitrogen and oxygen atoms in total. The van der Waals surface area contributed by atoms with Gasteiger partial charge in [-0.2, -0.15) is 0 Å². The third kappa shape index (κ3) is 3.00. The lowest BCUT2D eigenvalue weighted by molar-refractivity contribution is -0.128. The number of ketones is 2. The molecule has 0 aliphatic carbocycles. The van der Waals surface area contributed by atoms with Crippen molar-refractivity contribution in [2.24, 2.45) is 5.41 Å². The van der Waals surface area contributed by atoms with Crippen molar-refractivity contribution in [1.82, 2.24) is 4.90 Å². The van der Waals surface area contributed by atoms with E-state index in [4.69, 9.17) is 0 Å². The molecular formula is C18H23NO4. The summed E-state index contributed by atoms with van der Waals surface area (Å²) in [5, 5.41) is 9.51. The van der Waals surface area contributed by atoms with Gasteiger partial charge in [0.2, 0.25) is 0 Å². The maximum atomic E-state index is 12.9. The van der Waals surface area contributed by atoms with E-state index >= 15 is 0 Å². The van der Waals surface area contributed by atoms with Crippen molar-refractivity contribution < 1.29 is 19.5 Å². The Morgan fingerprint density at radius 1 is 1.17 bits per heavy atom. The highest BCUT2D eigenvalue weighted by Crippen LogP contribution is 2.44. The minimum Gasteiger partial charge on any atom is -0.465 e. The van der Waals surface area contributed by atoms with Crippen molar-refractivity contribution in [2.45, 2.75) is 45.6 Å². The van der Waals surface area contributed by atoms with Crippen molar-refractivity contribution in [2.75, 3.05) is 6.54 Å². The maximum absolute atomic E-state index is 12.9. The quantitative estimate of drug-likeness (QED) is 0.845. The third-order valence-electron chi connectivity index (χ3n) is 4.73. The van der Waals surface area contributed by atoms with E-state index in [-0.39, 0.29) is 24.5 Å². The van der Waals surface area contributed by atoms with Crippen LogP contribution in [0.4, 0.5) is 4.79 Å². The molecule has 124 valence electrons. The molecule has 1 amide bonds. The summed E-state index contributed by atoms with van der Waals surface area (Å²) in [6.45, 7) is 5.32. The Hall–Kier alpha value is -2.17. The zero-order valence-corrected chi connectivity index (χ0v) is 13.8. The highest BCUT2D eigenvalue weighted by molar-refractivity contribution is 6.03. The molecule has 2 rings (SSSR count). The number of hydrogen-bond donors (Lipinski definition) is 1. The number of nitrogens with zero attached hydrogens (tertiary/aromatic N) is 1. The SMILES string of the molecule is CCCC(=O)[C@@]1(C)CC(C)(C(=O)c2ccccc2)CN1C(=O)O. The van der Waals surface area contributed by atoms with Crippen molar-refractivity contribution >= 4 is 17.7 Å². The highest BCUT2D eigenvalue weighted by atomic mass is 16.4. The van der Waals surface area contributed by atoms with Gasteiger partial charge in [0.1, 0.15) is 5.54 Å². The van der Waals surface area contributed by atoms with Crippen LogP contribution in [0.15, 0.2) is 30.3 Å². The Balaban J connectivity index is 2.37. The summed E-state index contributed by atoms with van der Waals surface area (Å²) >= 11 is 0. The summed E-state index contributed by atoms with van der Waals surface area (Å²) in [6.07, 6.45) is 0.0431. The predicted molar refractivity (Wildman–Crippen MR) is 86.5 cm³/mol. The average Bonchev–Trinajstić information content (AvgIpc) is 2.82. The van der Waals surface area contributed by atoms with Gasteiger partial charge in [-0.25, -0.2) is 4.79 Å². The molecule has 0 saturated carbocycles. The second-order valence-electron chi connectivity index (χ2n) is 6.75. The van der Waals surface area contributed by atoms with E-state index < -0.39 is 17.0 Å². The van der Waals surface area contributed by atoms with Crippen LogP contribution in [0.25, 0.3) is 0 Å². The maximum Gasteiger partial charge on any atom is 0.408 e. The molecule has 1 N–H and O–H groups in total. The van der Waals surface area contributed by atoms with Gasteiger partial charge in [0, 0.05) is 18.5 Å². The Morgan fingerprint density at radius 3 is 2.30 bits per heavy atom. The van der Waals surface area contributed by atoms with Gasteiger partial charge in [-0.1, -0.05) is 44.2 Å². The van der Waals surface area contributed by atoms with Gasteiger partial charge < -0.3 is 5.11 Å². The second-order valence-corrected chi connectivity index (χ2v) is 6.75. The number of amides is 1. The van der Waals surface area contributed by atoms with E-state index in [1.807, 2.05) is 13.0 Å². The van der Waals surface area contributed by atoms with Crippen LogP contribution < -0.4 is 0 Å². The number of rotatable bonds is 5. The van der Waals surface area contributed by atoms with E-state index in [0.717, 1.165) is 4.90 Å². The first kappa shape index (κ1) is 17.2. The Bertz CT molecular complexity index is 627. The number of likely N-dealkylation sites (tertiary alicyclic amines) is 1. The molecule has 23 heavy (non-hydrogen) atoms. The second kappa shape index (κ2) is 6.14. The fourth-order valence-electron chi connectivity index (χ4n) is 3.55. The summed E-state index contributed by atoms with van der Waals surface area (Å²) in [7, 11) is 0. The zero-order chi connectivity index (χ0) is 17.3. The molecule has 1 heterocycles. The standard InChI is InChI=1S/C18H23NO4/c1-4-8-14(20)18(3)11-17(2,12-19(18)16(22)23)15(21)13-9-6-5-7-10-13/h5-7,9-10H,4,8,11-12H2,1-3H3,(H,22,23)/t17?,18-/m1/s1. The Morgan fingerprint density at radius 2 is 1.78 bits per heavy atom. The Kier molecular flexibility index (Phi) is 4.59. The summed E-state index contributed by atoms with van der Waals surface area (Å²) < 4.78 is 0. The largest absolute Gasteiger partial charge is 0.465 e. The van der Waals surface area contributed by atoms with Gasteiger partial charge in [-0.3, -0.25) is 14.5 Å². The lowest BCUT2D eigenvalue weighted by Crippen LogP contribution is -2.50.